The molecule has 37 heavy (non-hydrogen) atoms. The number of hydrogen-bond acceptors (Lipinski definition) is 5. The number of nitrogens with zero attached hydrogens (tertiary/aromatic N) is 2. The molecule has 3 aromatic rings. The summed E-state index contributed by atoms with van der Waals surface area (Å²) in [6.07, 6.45) is 5.70. The second-order valence-corrected chi connectivity index (χ2v) is 13.6. The highest BCUT2D eigenvalue weighted by molar-refractivity contribution is 7.92. The van der Waals surface area contributed by atoms with Crippen LogP contribution in [0.1, 0.15) is 54.6 Å². The van der Waals surface area contributed by atoms with E-state index in [-0.39, 0.29) is 22.3 Å². The molecule has 1 aliphatic carbocycles. The number of benzene rings is 2. The van der Waals surface area contributed by atoms with Crippen molar-refractivity contribution in [3.05, 3.63) is 59.8 Å². The van der Waals surface area contributed by atoms with Gasteiger partial charge >= 0.3 is 0 Å². The maximum absolute atomic E-state index is 13.6. The molecule has 0 bridgehead atoms. The predicted octanol–water partition coefficient (Wildman–Crippen LogP) is 4.39. The lowest BCUT2D eigenvalue weighted by Gasteiger charge is -2.37. The van der Waals surface area contributed by atoms with Gasteiger partial charge < -0.3 is 4.57 Å². The summed E-state index contributed by atoms with van der Waals surface area (Å²) in [6, 6.07) is 10.6. The molecule has 1 saturated heterocycles. The van der Waals surface area contributed by atoms with Gasteiger partial charge in [0.1, 0.15) is 0 Å². The number of rotatable bonds is 8. The van der Waals surface area contributed by atoms with Gasteiger partial charge in [-0.15, -0.1) is 0 Å². The number of nitrogens with one attached hydrogen (secondary N) is 1. The van der Waals surface area contributed by atoms with E-state index in [2.05, 4.69) is 4.72 Å². The van der Waals surface area contributed by atoms with Crippen molar-refractivity contribution in [2.75, 3.05) is 23.6 Å². The van der Waals surface area contributed by atoms with E-state index < -0.39 is 44.8 Å². The smallest absolute Gasteiger partial charge is 0.275 e. The molecule has 0 unspecified atom stereocenters. The van der Waals surface area contributed by atoms with E-state index in [9.17, 15) is 30.4 Å². The van der Waals surface area contributed by atoms with Crippen molar-refractivity contribution >= 4 is 42.4 Å². The summed E-state index contributed by atoms with van der Waals surface area (Å²) in [7, 11) is -7.65. The molecule has 2 aromatic carbocycles. The van der Waals surface area contributed by atoms with Crippen LogP contribution in [0.2, 0.25) is 0 Å². The summed E-state index contributed by atoms with van der Waals surface area (Å²) in [5.41, 5.74) is 1.58. The molecule has 2 heterocycles. The Hall–Kier alpha value is -2.83. The Labute approximate surface area is 214 Å². The van der Waals surface area contributed by atoms with Gasteiger partial charge in [0.25, 0.3) is 5.92 Å². The van der Waals surface area contributed by atoms with Crippen LogP contribution in [0.3, 0.4) is 0 Å². The van der Waals surface area contributed by atoms with Crippen molar-refractivity contribution in [2.45, 2.75) is 49.5 Å². The Kier molecular flexibility index (Phi) is 6.40. The molecule has 0 spiro atoms. The van der Waals surface area contributed by atoms with Crippen LogP contribution >= 0.6 is 0 Å². The highest BCUT2D eigenvalue weighted by atomic mass is 32.2. The van der Waals surface area contributed by atoms with Crippen LogP contribution in [-0.2, 0) is 20.0 Å². The van der Waals surface area contributed by atoms with Gasteiger partial charge in [-0.05, 0) is 50.1 Å². The van der Waals surface area contributed by atoms with Crippen LogP contribution in [-0.4, -0.2) is 56.3 Å². The number of fused-ring (bicyclic) bond motifs is 1. The third-order valence-electron chi connectivity index (χ3n) is 7.00. The number of hydrogen-bond donors (Lipinski definition) is 1. The highest BCUT2D eigenvalue weighted by Gasteiger charge is 2.49. The molecule has 1 aromatic heterocycles. The van der Waals surface area contributed by atoms with Gasteiger partial charge in [0.15, 0.2) is 5.78 Å². The summed E-state index contributed by atoms with van der Waals surface area (Å²) in [6.45, 7) is -0.223. The molecule has 5 rings (SSSR count). The van der Waals surface area contributed by atoms with Gasteiger partial charge in [0.05, 0.1) is 34.9 Å². The average Bonchev–Trinajstić information content (AvgIpc) is 3.50. The quantitative estimate of drug-likeness (QED) is 0.418. The van der Waals surface area contributed by atoms with Gasteiger partial charge in [-0.25, -0.2) is 25.6 Å². The zero-order valence-corrected chi connectivity index (χ0v) is 21.8. The maximum atomic E-state index is 13.6. The Bertz CT molecular complexity index is 1590. The fourth-order valence-corrected chi connectivity index (χ4v) is 7.15. The van der Waals surface area contributed by atoms with E-state index in [1.807, 2.05) is 4.57 Å². The van der Waals surface area contributed by atoms with Gasteiger partial charge in [-0.1, -0.05) is 25.0 Å². The molecule has 12 heteroatoms. The zero-order valence-electron chi connectivity index (χ0n) is 20.2. The van der Waals surface area contributed by atoms with Crippen LogP contribution in [0, 0.1) is 0 Å². The number of alkyl halides is 2. The fourth-order valence-electron chi connectivity index (χ4n) is 4.97. The van der Waals surface area contributed by atoms with Crippen molar-refractivity contribution in [3.63, 3.8) is 0 Å². The number of sulfonamides is 2. The molecule has 1 aliphatic heterocycles. The van der Waals surface area contributed by atoms with Crippen molar-refractivity contribution in [3.8, 4) is 0 Å². The predicted molar refractivity (Wildman–Crippen MR) is 136 cm³/mol. The lowest BCUT2D eigenvalue weighted by molar-refractivity contribution is -0.0945. The molecule has 1 saturated carbocycles. The van der Waals surface area contributed by atoms with Crippen LogP contribution in [0.15, 0.2) is 53.6 Å². The SMILES string of the molecule is CCS(=O)(=O)Nc1ccc2c(C(=O)c3cccc(S(=O)(=O)N4CC(F)(F)C4)c3)cn(C3CCCC3)c2c1. The molecule has 0 amide bonds. The van der Waals surface area contributed by atoms with Gasteiger partial charge in [-0.2, -0.15) is 4.31 Å². The molecular formula is C25H27F2N3O5S2. The molecule has 2 fully saturated rings. The molecule has 0 atom stereocenters. The first-order chi connectivity index (χ1) is 17.4. The molecule has 8 nitrogen and oxygen atoms in total. The van der Waals surface area contributed by atoms with Crippen LogP contribution in [0.25, 0.3) is 10.9 Å². The minimum absolute atomic E-state index is 0.0767. The minimum atomic E-state index is -4.16. The lowest BCUT2D eigenvalue weighted by atomic mass is 10.0. The highest BCUT2D eigenvalue weighted by Crippen LogP contribution is 2.37. The van der Waals surface area contributed by atoms with Gasteiger partial charge in [0.2, 0.25) is 20.0 Å². The summed E-state index contributed by atoms with van der Waals surface area (Å²) >= 11 is 0. The molecule has 1 N–H and O–H groups in total. The van der Waals surface area contributed by atoms with Gasteiger partial charge in [0, 0.05) is 28.8 Å². The third-order valence-corrected chi connectivity index (χ3v) is 10.1. The molecular weight excluding hydrogens is 524 g/mol. The van der Waals surface area contributed by atoms with Crippen molar-refractivity contribution < 1.29 is 30.4 Å². The van der Waals surface area contributed by atoms with E-state index in [4.69, 9.17) is 0 Å². The summed E-state index contributed by atoms with van der Waals surface area (Å²) in [4.78, 5) is 13.4. The minimum Gasteiger partial charge on any atom is -0.344 e. The third kappa shape index (κ3) is 4.89. The molecule has 0 radical (unpaired) electrons. The first-order valence-corrected chi connectivity index (χ1v) is 15.2. The fraction of sp³-hybridized carbons (Fsp3) is 0.400. The number of anilines is 1. The topological polar surface area (TPSA) is 106 Å². The van der Waals surface area contributed by atoms with Crippen LogP contribution < -0.4 is 4.72 Å². The van der Waals surface area contributed by atoms with Crippen LogP contribution in [0.4, 0.5) is 14.5 Å². The Morgan fingerprint density at radius 1 is 1.05 bits per heavy atom. The average molecular weight is 552 g/mol. The second kappa shape index (κ2) is 9.17. The van der Waals surface area contributed by atoms with Crippen molar-refractivity contribution in [2.24, 2.45) is 0 Å². The molecule has 2 aliphatic rings. The number of halogens is 2. The van der Waals surface area contributed by atoms with E-state index in [0.717, 1.165) is 25.7 Å². The summed E-state index contributed by atoms with van der Waals surface area (Å²) in [5, 5.41) is 0.618. The normalized spacial score (nSPS) is 18.7. The number of carbonyl (C=O) groups is 1. The first kappa shape index (κ1) is 25.8. The number of carbonyl (C=O) groups excluding carboxylic acids is 1. The largest absolute Gasteiger partial charge is 0.344 e. The second-order valence-electron chi connectivity index (χ2n) is 9.61. The van der Waals surface area contributed by atoms with Gasteiger partial charge in [-0.3, -0.25) is 9.52 Å². The van der Waals surface area contributed by atoms with Crippen molar-refractivity contribution in [1.29, 1.82) is 0 Å². The molecule has 198 valence electrons. The zero-order chi connectivity index (χ0) is 26.6. The Morgan fingerprint density at radius 3 is 2.41 bits per heavy atom. The van der Waals surface area contributed by atoms with Crippen LogP contribution in [0.5, 0.6) is 0 Å². The van der Waals surface area contributed by atoms with E-state index in [0.29, 0.717) is 26.5 Å². The number of aromatic nitrogens is 1. The maximum Gasteiger partial charge on any atom is 0.275 e. The summed E-state index contributed by atoms with van der Waals surface area (Å²) < 4.78 is 81.6. The van der Waals surface area contributed by atoms with E-state index in [1.54, 1.807) is 31.3 Å². The summed E-state index contributed by atoms with van der Waals surface area (Å²) in [5.74, 6) is -3.53. The Morgan fingerprint density at radius 2 is 1.76 bits per heavy atom. The first-order valence-electron chi connectivity index (χ1n) is 12.1. The lowest BCUT2D eigenvalue weighted by Crippen LogP contribution is -2.58. The standard InChI is InChI=1S/C25H27F2N3O5S2/c1-2-36(32,33)28-18-10-11-21-22(14-30(23(21)13-18)19-7-3-4-8-19)24(31)17-6-5-9-20(12-17)37(34,35)29-15-25(26,27)16-29/h5-6,9-14,19,28H,2-4,7-8,15-16H2,1H3. The van der Waals surface area contributed by atoms with Crippen molar-refractivity contribution in [1.82, 2.24) is 8.87 Å². The Balaban J connectivity index is 1.54. The van der Waals surface area contributed by atoms with E-state index >= 15 is 0 Å². The number of ketones is 1. The monoisotopic (exact) mass is 551 g/mol. The van der Waals surface area contributed by atoms with E-state index in [1.165, 1.54) is 24.3 Å².